The molecule has 1 aromatic rings. The molecule has 0 fully saturated rings. The van der Waals surface area contributed by atoms with E-state index >= 15 is 0 Å². The molecule has 0 aromatic heterocycles. The molecule has 0 spiro atoms. The van der Waals surface area contributed by atoms with Crippen molar-refractivity contribution in [1.82, 2.24) is 5.32 Å². The number of non-ortho nitro benzene ring substituents is 1. The standard InChI is InChI=1S/C15H24N2O4/c1-2-3-13(8-10-18)12-16-9-11-21-15-6-4-14(5-7-15)17(19)20/h4-7,13,16,18H,2-3,8-12H2,1H3. The van der Waals surface area contributed by atoms with Crippen molar-refractivity contribution in [3.63, 3.8) is 0 Å². The molecule has 6 nitrogen and oxygen atoms in total. The van der Waals surface area contributed by atoms with Gasteiger partial charge in [0.05, 0.1) is 4.92 Å². The molecule has 0 bridgehead atoms. The molecular weight excluding hydrogens is 272 g/mol. The maximum Gasteiger partial charge on any atom is 0.269 e. The molecule has 0 saturated heterocycles. The third-order valence-electron chi connectivity index (χ3n) is 3.26. The second-order valence-electron chi connectivity index (χ2n) is 4.97. The summed E-state index contributed by atoms with van der Waals surface area (Å²) in [6.45, 7) is 4.46. The van der Waals surface area contributed by atoms with Crippen molar-refractivity contribution in [2.45, 2.75) is 26.2 Å². The Kier molecular flexibility index (Phi) is 8.38. The molecule has 21 heavy (non-hydrogen) atoms. The Hall–Kier alpha value is -1.66. The lowest BCUT2D eigenvalue weighted by atomic mass is 10.0. The Morgan fingerprint density at radius 2 is 2.05 bits per heavy atom. The van der Waals surface area contributed by atoms with Crippen molar-refractivity contribution in [2.24, 2.45) is 5.92 Å². The minimum Gasteiger partial charge on any atom is -0.492 e. The number of aliphatic hydroxyl groups excluding tert-OH is 1. The van der Waals surface area contributed by atoms with Gasteiger partial charge in [-0.15, -0.1) is 0 Å². The zero-order valence-corrected chi connectivity index (χ0v) is 12.5. The van der Waals surface area contributed by atoms with Crippen LogP contribution in [0.5, 0.6) is 5.75 Å². The van der Waals surface area contributed by atoms with E-state index < -0.39 is 4.92 Å². The Morgan fingerprint density at radius 1 is 1.33 bits per heavy atom. The minimum absolute atomic E-state index is 0.0619. The van der Waals surface area contributed by atoms with E-state index in [0.29, 0.717) is 24.8 Å². The van der Waals surface area contributed by atoms with Gasteiger partial charge in [-0.3, -0.25) is 10.1 Å². The van der Waals surface area contributed by atoms with E-state index in [1.54, 1.807) is 12.1 Å². The molecule has 0 heterocycles. The number of ether oxygens (including phenoxy) is 1. The van der Waals surface area contributed by atoms with E-state index in [1.807, 2.05) is 0 Å². The summed E-state index contributed by atoms with van der Waals surface area (Å²) in [5.74, 6) is 1.13. The Labute approximate surface area is 125 Å². The molecule has 2 N–H and O–H groups in total. The molecule has 1 atom stereocenters. The quantitative estimate of drug-likeness (QED) is 0.372. The van der Waals surface area contributed by atoms with E-state index in [-0.39, 0.29) is 12.3 Å². The molecular formula is C15H24N2O4. The Morgan fingerprint density at radius 3 is 2.62 bits per heavy atom. The monoisotopic (exact) mass is 296 g/mol. The van der Waals surface area contributed by atoms with Crippen molar-refractivity contribution in [2.75, 3.05) is 26.3 Å². The third kappa shape index (κ3) is 7.06. The van der Waals surface area contributed by atoms with Crippen LogP contribution in [-0.4, -0.2) is 36.3 Å². The molecule has 1 unspecified atom stereocenters. The zero-order chi connectivity index (χ0) is 15.5. The number of rotatable bonds is 11. The molecule has 0 amide bonds. The van der Waals surface area contributed by atoms with Crippen LogP contribution in [0.3, 0.4) is 0 Å². The van der Waals surface area contributed by atoms with Crippen molar-refractivity contribution >= 4 is 5.69 Å². The highest BCUT2D eigenvalue weighted by Gasteiger charge is 2.07. The van der Waals surface area contributed by atoms with Crippen molar-refractivity contribution in [3.05, 3.63) is 34.4 Å². The summed E-state index contributed by atoms with van der Waals surface area (Å²) in [6, 6.07) is 6.07. The third-order valence-corrected chi connectivity index (χ3v) is 3.26. The zero-order valence-electron chi connectivity index (χ0n) is 12.5. The summed E-state index contributed by atoms with van der Waals surface area (Å²) < 4.78 is 5.51. The summed E-state index contributed by atoms with van der Waals surface area (Å²) in [7, 11) is 0. The highest BCUT2D eigenvalue weighted by molar-refractivity contribution is 5.35. The SMILES string of the molecule is CCCC(CCO)CNCCOc1ccc([N+](=O)[O-])cc1. The second-order valence-corrected chi connectivity index (χ2v) is 4.97. The number of nitro groups is 1. The molecule has 0 radical (unpaired) electrons. The molecule has 1 rings (SSSR count). The number of benzene rings is 1. The number of hydrogen-bond donors (Lipinski definition) is 2. The number of hydrogen-bond acceptors (Lipinski definition) is 5. The van der Waals surface area contributed by atoms with E-state index in [4.69, 9.17) is 9.84 Å². The first-order valence-electron chi connectivity index (χ1n) is 7.36. The summed E-state index contributed by atoms with van der Waals surface area (Å²) >= 11 is 0. The van der Waals surface area contributed by atoms with Gasteiger partial charge in [0.1, 0.15) is 12.4 Å². The average Bonchev–Trinajstić information content (AvgIpc) is 2.47. The Bertz CT molecular complexity index is 403. The van der Waals surface area contributed by atoms with E-state index in [1.165, 1.54) is 12.1 Å². The van der Waals surface area contributed by atoms with Gasteiger partial charge in [-0.2, -0.15) is 0 Å². The van der Waals surface area contributed by atoms with Gasteiger partial charge in [0.25, 0.3) is 5.69 Å². The number of aliphatic hydroxyl groups is 1. The molecule has 0 saturated carbocycles. The van der Waals surface area contributed by atoms with E-state index in [9.17, 15) is 10.1 Å². The molecule has 0 aliphatic carbocycles. The molecule has 0 aliphatic rings. The summed E-state index contributed by atoms with van der Waals surface area (Å²) in [6.07, 6.45) is 3.05. The van der Waals surface area contributed by atoms with Gasteiger partial charge in [0.15, 0.2) is 0 Å². The van der Waals surface area contributed by atoms with Crippen LogP contribution >= 0.6 is 0 Å². The molecule has 1 aromatic carbocycles. The van der Waals surface area contributed by atoms with Gasteiger partial charge in [-0.25, -0.2) is 0 Å². The van der Waals surface area contributed by atoms with Gasteiger partial charge in [0.2, 0.25) is 0 Å². The fourth-order valence-corrected chi connectivity index (χ4v) is 2.15. The number of nitro benzene ring substituents is 1. The van der Waals surface area contributed by atoms with Crippen LogP contribution in [0.1, 0.15) is 26.2 Å². The highest BCUT2D eigenvalue weighted by Crippen LogP contribution is 2.17. The van der Waals surface area contributed by atoms with Gasteiger partial charge < -0.3 is 15.2 Å². The van der Waals surface area contributed by atoms with Crippen molar-refractivity contribution < 1.29 is 14.8 Å². The van der Waals surface area contributed by atoms with E-state index in [2.05, 4.69) is 12.2 Å². The molecule has 0 aliphatic heterocycles. The fraction of sp³-hybridized carbons (Fsp3) is 0.600. The predicted octanol–water partition coefficient (Wildman–Crippen LogP) is 2.36. The maximum absolute atomic E-state index is 10.5. The first-order chi connectivity index (χ1) is 10.2. The predicted molar refractivity (Wildman–Crippen MR) is 81.6 cm³/mol. The van der Waals surface area contributed by atoms with Crippen molar-refractivity contribution in [1.29, 1.82) is 0 Å². The van der Waals surface area contributed by atoms with Gasteiger partial charge in [0, 0.05) is 25.3 Å². The van der Waals surface area contributed by atoms with Gasteiger partial charge in [-0.1, -0.05) is 13.3 Å². The first kappa shape index (κ1) is 17.4. The van der Waals surface area contributed by atoms with Crippen LogP contribution in [0.25, 0.3) is 0 Å². The highest BCUT2D eigenvalue weighted by atomic mass is 16.6. The lowest BCUT2D eigenvalue weighted by Crippen LogP contribution is -2.27. The number of nitrogens with one attached hydrogen (secondary N) is 1. The Balaban J connectivity index is 2.19. The van der Waals surface area contributed by atoms with Crippen LogP contribution in [0.4, 0.5) is 5.69 Å². The molecule has 6 heteroatoms. The van der Waals surface area contributed by atoms with Crippen LogP contribution in [0, 0.1) is 16.0 Å². The molecule has 118 valence electrons. The minimum atomic E-state index is -0.430. The largest absolute Gasteiger partial charge is 0.492 e. The summed E-state index contributed by atoms with van der Waals surface area (Å²) in [4.78, 5) is 10.1. The van der Waals surface area contributed by atoms with E-state index in [0.717, 1.165) is 25.8 Å². The topological polar surface area (TPSA) is 84.6 Å². The number of nitrogens with zero attached hydrogens (tertiary/aromatic N) is 1. The fourth-order valence-electron chi connectivity index (χ4n) is 2.15. The normalized spacial score (nSPS) is 12.1. The maximum atomic E-state index is 10.5. The average molecular weight is 296 g/mol. The van der Waals surface area contributed by atoms with Crippen LogP contribution < -0.4 is 10.1 Å². The van der Waals surface area contributed by atoms with Crippen LogP contribution in [0.2, 0.25) is 0 Å². The van der Waals surface area contributed by atoms with Crippen LogP contribution in [0.15, 0.2) is 24.3 Å². The first-order valence-corrected chi connectivity index (χ1v) is 7.36. The van der Waals surface area contributed by atoms with Gasteiger partial charge >= 0.3 is 0 Å². The second kappa shape index (κ2) is 10.1. The summed E-state index contributed by atoms with van der Waals surface area (Å²) in [5.41, 5.74) is 0.0619. The smallest absolute Gasteiger partial charge is 0.269 e. The van der Waals surface area contributed by atoms with Crippen LogP contribution in [-0.2, 0) is 0 Å². The van der Waals surface area contributed by atoms with Gasteiger partial charge in [-0.05, 0) is 37.4 Å². The lowest BCUT2D eigenvalue weighted by Gasteiger charge is -2.15. The summed E-state index contributed by atoms with van der Waals surface area (Å²) in [5, 5.41) is 22.8. The van der Waals surface area contributed by atoms with Crippen molar-refractivity contribution in [3.8, 4) is 5.75 Å². The lowest BCUT2D eigenvalue weighted by molar-refractivity contribution is -0.384.